The first kappa shape index (κ1) is 11.3. The van der Waals surface area contributed by atoms with E-state index in [9.17, 15) is 0 Å². The number of methoxy groups -OCH3 is 2. The molecule has 0 aliphatic rings. The molecule has 0 atom stereocenters. The van der Waals surface area contributed by atoms with Gasteiger partial charge in [-0.3, -0.25) is 0 Å². The van der Waals surface area contributed by atoms with Crippen LogP contribution < -0.4 is 15.2 Å². The Labute approximate surface area is 99.1 Å². The molecular weight excluding hydrogens is 220 g/mol. The normalized spacial score (nSPS) is 10.3. The van der Waals surface area contributed by atoms with Crippen molar-refractivity contribution in [3.05, 3.63) is 23.9 Å². The van der Waals surface area contributed by atoms with Crippen molar-refractivity contribution in [3.8, 4) is 22.6 Å². The van der Waals surface area contributed by atoms with Crippen molar-refractivity contribution in [2.45, 2.75) is 6.92 Å². The molecule has 0 radical (unpaired) electrons. The number of nitrogens with two attached hydrogens (primary N) is 1. The second-order valence-electron chi connectivity index (χ2n) is 3.57. The lowest BCUT2D eigenvalue weighted by Gasteiger charge is -2.09. The van der Waals surface area contributed by atoms with Gasteiger partial charge >= 0.3 is 0 Å². The lowest BCUT2D eigenvalue weighted by molar-refractivity contribution is 0.395. The molecule has 5 nitrogen and oxygen atoms in total. The minimum atomic E-state index is 0.283. The monoisotopic (exact) mass is 234 g/mol. The summed E-state index contributed by atoms with van der Waals surface area (Å²) >= 11 is 0. The van der Waals surface area contributed by atoms with Crippen LogP contribution in [0.2, 0.25) is 0 Å². The third kappa shape index (κ3) is 1.91. The molecule has 2 aromatic rings. The van der Waals surface area contributed by atoms with Gasteiger partial charge in [0.05, 0.1) is 25.5 Å². The Balaban J connectivity index is 2.59. The number of rotatable bonds is 3. The molecule has 1 aromatic heterocycles. The molecule has 0 saturated heterocycles. The maximum atomic E-state index is 5.75. The van der Waals surface area contributed by atoms with Crippen LogP contribution in [0.4, 0.5) is 5.88 Å². The van der Waals surface area contributed by atoms with Gasteiger partial charge < -0.3 is 19.7 Å². The van der Waals surface area contributed by atoms with E-state index in [-0.39, 0.29) is 5.88 Å². The van der Waals surface area contributed by atoms with Crippen LogP contribution in [0.3, 0.4) is 0 Å². The topological polar surface area (TPSA) is 70.5 Å². The predicted molar refractivity (Wildman–Crippen MR) is 64.2 cm³/mol. The maximum absolute atomic E-state index is 5.75. The Bertz CT molecular complexity index is 515. The number of ether oxygens (including phenoxy) is 2. The van der Waals surface area contributed by atoms with E-state index in [0.29, 0.717) is 5.75 Å². The summed E-state index contributed by atoms with van der Waals surface area (Å²) in [5.74, 6) is 1.67. The van der Waals surface area contributed by atoms with Gasteiger partial charge in [0.15, 0.2) is 0 Å². The zero-order valence-electron chi connectivity index (χ0n) is 9.98. The zero-order valence-corrected chi connectivity index (χ0v) is 9.98. The summed E-state index contributed by atoms with van der Waals surface area (Å²) in [6.45, 7) is 1.83. The van der Waals surface area contributed by atoms with Crippen molar-refractivity contribution in [2.75, 3.05) is 20.0 Å². The van der Waals surface area contributed by atoms with Gasteiger partial charge in [-0.1, -0.05) is 5.16 Å². The number of anilines is 1. The van der Waals surface area contributed by atoms with Gasteiger partial charge in [0.1, 0.15) is 11.5 Å². The van der Waals surface area contributed by atoms with E-state index in [1.807, 2.05) is 19.1 Å². The average molecular weight is 234 g/mol. The summed E-state index contributed by atoms with van der Waals surface area (Å²) in [6.07, 6.45) is 0. The number of aryl methyl sites for hydroxylation is 1. The second kappa shape index (κ2) is 4.37. The molecule has 0 amide bonds. The Morgan fingerprint density at radius 1 is 1.24 bits per heavy atom. The third-order valence-electron chi connectivity index (χ3n) is 2.57. The summed E-state index contributed by atoms with van der Waals surface area (Å²) < 4.78 is 15.4. The molecule has 1 heterocycles. The largest absolute Gasteiger partial charge is 0.497 e. The van der Waals surface area contributed by atoms with Crippen LogP contribution in [0, 0.1) is 6.92 Å². The van der Waals surface area contributed by atoms with Crippen LogP contribution in [-0.4, -0.2) is 19.4 Å². The minimum Gasteiger partial charge on any atom is -0.497 e. The molecule has 0 saturated carbocycles. The fourth-order valence-electron chi connectivity index (χ4n) is 1.72. The Hall–Kier alpha value is -2.17. The van der Waals surface area contributed by atoms with E-state index in [0.717, 1.165) is 22.6 Å². The summed E-state index contributed by atoms with van der Waals surface area (Å²) in [7, 11) is 3.20. The van der Waals surface area contributed by atoms with E-state index in [4.69, 9.17) is 19.7 Å². The third-order valence-corrected chi connectivity index (χ3v) is 2.57. The highest BCUT2D eigenvalue weighted by atomic mass is 16.5. The number of hydrogen-bond acceptors (Lipinski definition) is 5. The first-order chi connectivity index (χ1) is 8.17. The molecule has 0 bridgehead atoms. The molecule has 2 N–H and O–H groups in total. The SMILES string of the molecule is COc1ccc(-c2c(C)noc2N)c(OC)c1. The lowest BCUT2D eigenvalue weighted by Crippen LogP contribution is -1.93. The summed E-state index contributed by atoms with van der Waals surface area (Å²) in [5, 5.41) is 3.82. The van der Waals surface area contributed by atoms with Gasteiger partial charge in [-0.05, 0) is 19.1 Å². The van der Waals surface area contributed by atoms with Gasteiger partial charge in [-0.2, -0.15) is 0 Å². The van der Waals surface area contributed by atoms with E-state index in [2.05, 4.69) is 5.16 Å². The maximum Gasteiger partial charge on any atom is 0.230 e. The highest BCUT2D eigenvalue weighted by molar-refractivity contribution is 5.80. The summed E-state index contributed by atoms with van der Waals surface area (Å²) in [5.41, 5.74) is 8.07. The number of aromatic nitrogens is 1. The van der Waals surface area contributed by atoms with Crippen molar-refractivity contribution < 1.29 is 14.0 Å². The fraction of sp³-hybridized carbons (Fsp3) is 0.250. The highest BCUT2D eigenvalue weighted by Crippen LogP contribution is 2.37. The molecule has 5 heteroatoms. The van der Waals surface area contributed by atoms with Crippen molar-refractivity contribution in [1.29, 1.82) is 0 Å². The molecule has 0 spiro atoms. The van der Waals surface area contributed by atoms with Crippen molar-refractivity contribution in [1.82, 2.24) is 5.16 Å². The Morgan fingerprint density at radius 2 is 2.00 bits per heavy atom. The quantitative estimate of drug-likeness (QED) is 0.881. The van der Waals surface area contributed by atoms with Crippen molar-refractivity contribution in [2.24, 2.45) is 0 Å². The number of nitrogen functional groups attached to an aromatic ring is 1. The van der Waals surface area contributed by atoms with Crippen LogP contribution in [-0.2, 0) is 0 Å². The first-order valence-electron chi connectivity index (χ1n) is 5.11. The number of hydrogen-bond donors (Lipinski definition) is 1. The fourth-order valence-corrected chi connectivity index (χ4v) is 1.72. The van der Waals surface area contributed by atoms with Gasteiger partial charge in [0, 0.05) is 11.6 Å². The van der Waals surface area contributed by atoms with Gasteiger partial charge in [-0.25, -0.2) is 0 Å². The average Bonchev–Trinajstić information content (AvgIpc) is 2.68. The molecule has 0 aliphatic carbocycles. The van der Waals surface area contributed by atoms with E-state index in [1.54, 1.807) is 20.3 Å². The van der Waals surface area contributed by atoms with Crippen LogP contribution in [0.1, 0.15) is 5.69 Å². The molecule has 2 rings (SSSR count). The second-order valence-corrected chi connectivity index (χ2v) is 3.57. The molecular formula is C12H14N2O3. The van der Waals surface area contributed by atoms with Crippen molar-refractivity contribution >= 4 is 5.88 Å². The number of nitrogens with zero attached hydrogens (tertiary/aromatic N) is 1. The van der Waals surface area contributed by atoms with Gasteiger partial charge in [0.25, 0.3) is 0 Å². The summed E-state index contributed by atoms with van der Waals surface area (Å²) in [4.78, 5) is 0. The zero-order chi connectivity index (χ0) is 12.4. The van der Waals surface area contributed by atoms with Gasteiger partial charge in [0.2, 0.25) is 5.88 Å². The Morgan fingerprint density at radius 3 is 2.53 bits per heavy atom. The smallest absolute Gasteiger partial charge is 0.230 e. The molecule has 1 aromatic carbocycles. The molecule has 17 heavy (non-hydrogen) atoms. The molecule has 0 unspecified atom stereocenters. The summed E-state index contributed by atoms with van der Waals surface area (Å²) in [6, 6.07) is 5.50. The van der Waals surface area contributed by atoms with E-state index >= 15 is 0 Å². The van der Waals surface area contributed by atoms with E-state index in [1.165, 1.54) is 0 Å². The lowest BCUT2D eigenvalue weighted by atomic mass is 10.0. The first-order valence-corrected chi connectivity index (χ1v) is 5.11. The van der Waals surface area contributed by atoms with Crippen LogP contribution in [0.15, 0.2) is 22.7 Å². The molecule has 0 aliphatic heterocycles. The van der Waals surface area contributed by atoms with Crippen LogP contribution in [0.25, 0.3) is 11.1 Å². The Kier molecular flexibility index (Phi) is 2.91. The number of benzene rings is 1. The van der Waals surface area contributed by atoms with Crippen LogP contribution >= 0.6 is 0 Å². The minimum absolute atomic E-state index is 0.283. The van der Waals surface area contributed by atoms with Crippen molar-refractivity contribution in [3.63, 3.8) is 0 Å². The predicted octanol–water partition coefficient (Wildman–Crippen LogP) is 2.25. The molecule has 0 fully saturated rings. The van der Waals surface area contributed by atoms with E-state index < -0.39 is 0 Å². The van der Waals surface area contributed by atoms with Gasteiger partial charge in [-0.15, -0.1) is 0 Å². The molecule has 90 valence electrons. The highest BCUT2D eigenvalue weighted by Gasteiger charge is 2.16. The van der Waals surface area contributed by atoms with Crippen LogP contribution in [0.5, 0.6) is 11.5 Å². The standard InChI is InChI=1S/C12H14N2O3/c1-7-11(12(13)17-14-7)9-5-4-8(15-2)6-10(9)16-3/h4-6H,13H2,1-3H3.